The Bertz CT molecular complexity index is 818. The van der Waals surface area contributed by atoms with E-state index in [9.17, 15) is 14.8 Å². The van der Waals surface area contributed by atoms with Crippen molar-refractivity contribution in [3.05, 3.63) is 59.7 Å². The number of carbonyl (C=O) groups excluding carboxylic acids is 2. The van der Waals surface area contributed by atoms with Gasteiger partial charge in [0.2, 0.25) is 0 Å². The van der Waals surface area contributed by atoms with E-state index in [1.165, 1.54) is 5.56 Å². The Morgan fingerprint density at radius 1 is 1.15 bits per heavy atom. The number of rotatable bonds is 6. The van der Waals surface area contributed by atoms with Crippen LogP contribution in [0.3, 0.4) is 0 Å². The maximum atomic E-state index is 12.2. The van der Waals surface area contributed by atoms with Crippen molar-refractivity contribution in [3.63, 3.8) is 0 Å². The van der Waals surface area contributed by atoms with Crippen LogP contribution < -0.4 is 4.74 Å². The number of benzene rings is 2. The molecule has 1 aliphatic heterocycles. The van der Waals surface area contributed by atoms with Gasteiger partial charge in [-0.05, 0) is 48.7 Å². The summed E-state index contributed by atoms with van der Waals surface area (Å²) >= 11 is 0. The van der Waals surface area contributed by atoms with Gasteiger partial charge in [-0.25, -0.2) is 5.06 Å². The molecule has 2 aromatic rings. The van der Waals surface area contributed by atoms with Crippen LogP contribution in [0.5, 0.6) is 11.5 Å². The van der Waals surface area contributed by atoms with Crippen molar-refractivity contribution in [1.82, 2.24) is 5.06 Å². The smallest absolute Gasteiger partial charge is 0.319 e. The molecule has 2 aromatic carbocycles. The zero-order valence-corrected chi connectivity index (χ0v) is 15.4. The molecule has 3 rings (SSSR count). The van der Waals surface area contributed by atoms with E-state index < -0.39 is 23.7 Å². The van der Waals surface area contributed by atoms with E-state index in [2.05, 4.69) is 6.92 Å². The molecule has 0 aliphatic carbocycles. The van der Waals surface area contributed by atoms with Crippen molar-refractivity contribution in [3.8, 4) is 11.5 Å². The summed E-state index contributed by atoms with van der Waals surface area (Å²) in [5.41, 5.74) is 1.96. The molecule has 0 saturated carbocycles. The third-order valence-corrected chi connectivity index (χ3v) is 4.69. The van der Waals surface area contributed by atoms with Crippen LogP contribution in [0.2, 0.25) is 0 Å². The maximum Gasteiger partial charge on any atom is 0.319 e. The summed E-state index contributed by atoms with van der Waals surface area (Å²) in [7, 11) is 0. The van der Waals surface area contributed by atoms with Crippen LogP contribution in [-0.2, 0) is 20.7 Å². The van der Waals surface area contributed by atoms with Crippen LogP contribution in [0.1, 0.15) is 30.9 Å². The number of hydrogen-bond donors (Lipinski definition) is 1. The van der Waals surface area contributed by atoms with Gasteiger partial charge in [0.05, 0.1) is 13.2 Å². The van der Waals surface area contributed by atoms with Gasteiger partial charge in [0.1, 0.15) is 17.4 Å². The number of hydroxylamine groups is 2. The molecular formula is C21H23NO5. The maximum absolute atomic E-state index is 12.2. The van der Waals surface area contributed by atoms with E-state index in [-0.39, 0.29) is 13.2 Å². The number of esters is 1. The van der Waals surface area contributed by atoms with Crippen LogP contribution in [0.15, 0.2) is 48.5 Å². The van der Waals surface area contributed by atoms with Crippen LogP contribution in [0, 0.1) is 5.92 Å². The minimum atomic E-state index is -1.05. The van der Waals surface area contributed by atoms with Crippen molar-refractivity contribution in [2.45, 2.75) is 26.2 Å². The van der Waals surface area contributed by atoms with E-state index in [0.717, 1.165) is 12.0 Å². The molecule has 6 nitrogen and oxygen atoms in total. The summed E-state index contributed by atoms with van der Waals surface area (Å²) in [6.07, 6.45) is 0.957. The second-order valence-electron chi connectivity index (χ2n) is 6.43. The molecule has 1 amide bonds. The van der Waals surface area contributed by atoms with Gasteiger partial charge in [0.25, 0.3) is 5.91 Å². The minimum absolute atomic E-state index is 0.0387. The van der Waals surface area contributed by atoms with Gasteiger partial charge in [0.15, 0.2) is 0 Å². The fourth-order valence-electron chi connectivity index (χ4n) is 3.25. The highest BCUT2D eigenvalue weighted by atomic mass is 16.5. The van der Waals surface area contributed by atoms with E-state index in [1.807, 2.05) is 36.4 Å². The van der Waals surface area contributed by atoms with Crippen molar-refractivity contribution >= 4 is 11.9 Å². The summed E-state index contributed by atoms with van der Waals surface area (Å²) in [5.74, 6) is -1.49. The predicted molar refractivity (Wildman–Crippen MR) is 98.7 cm³/mol. The molecular weight excluding hydrogens is 346 g/mol. The quantitative estimate of drug-likeness (QED) is 0.479. The molecule has 0 aromatic heterocycles. The average molecular weight is 369 g/mol. The highest BCUT2D eigenvalue weighted by Crippen LogP contribution is 2.36. The number of nitrogens with zero attached hydrogens (tertiary/aromatic N) is 1. The Labute approximate surface area is 158 Å². The normalized spacial score (nSPS) is 19.2. The fourth-order valence-corrected chi connectivity index (χ4v) is 3.25. The molecule has 0 unspecified atom stereocenters. The van der Waals surface area contributed by atoms with E-state index in [4.69, 9.17) is 9.47 Å². The van der Waals surface area contributed by atoms with Crippen molar-refractivity contribution < 1.29 is 24.3 Å². The van der Waals surface area contributed by atoms with Crippen LogP contribution in [-0.4, -0.2) is 35.3 Å². The monoisotopic (exact) mass is 369 g/mol. The van der Waals surface area contributed by atoms with Gasteiger partial charge in [-0.3, -0.25) is 14.8 Å². The standard InChI is InChI=1S/C21H23NO5/c1-3-14-8-10-16(11-9-14)27-17-7-5-6-15(12-17)18-13-22(25)20(23)19(18)21(24)26-4-2/h5-12,18-19,25H,3-4,13H2,1-2H3/t18-,19-/m0/s1. The van der Waals surface area contributed by atoms with E-state index >= 15 is 0 Å². The predicted octanol–water partition coefficient (Wildman–Crippen LogP) is 3.54. The van der Waals surface area contributed by atoms with Gasteiger partial charge in [-0.1, -0.05) is 31.2 Å². The second kappa shape index (κ2) is 8.22. The first-order valence-electron chi connectivity index (χ1n) is 9.07. The molecule has 27 heavy (non-hydrogen) atoms. The first-order valence-corrected chi connectivity index (χ1v) is 9.07. The lowest BCUT2D eigenvalue weighted by Gasteiger charge is -2.16. The summed E-state index contributed by atoms with van der Waals surface area (Å²) in [4.78, 5) is 24.4. The molecule has 0 spiro atoms. The van der Waals surface area contributed by atoms with Gasteiger partial charge < -0.3 is 9.47 Å². The van der Waals surface area contributed by atoms with Gasteiger partial charge in [-0.2, -0.15) is 0 Å². The Kier molecular flexibility index (Phi) is 5.76. The number of aryl methyl sites for hydroxylation is 1. The second-order valence-corrected chi connectivity index (χ2v) is 6.43. The minimum Gasteiger partial charge on any atom is -0.465 e. The molecule has 1 N–H and O–H groups in total. The molecule has 6 heteroatoms. The Balaban J connectivity index is 1.82. The van der Waals surface area contributed by atoms with Gasteiger partial charge in [-0.15, -0.1) is 0 Å². The summed E-state index contributed by atoms with van der Waals surface area (Å²) in [6, 6.07) is 15.0. The fraction of sp³-hybridized carbons (Fsp3) is 0.333. The highest BCUT2D eigenvalue weighted by molar-refractivity contribution is 6.00. The van der Waals surface area contributed by atoms with Crippen LogP contribution in [0.25, 0.3) is 0 Å². The lowest BCUT2D eigenvalue weighted by atomic mass is 9.88. The molecule has 1 fully saturated rings. The van der Waals surface area contributed by atoms with Crippen LogP contribution >= 0.6 is 0 Å². The Hall–Kier alpha value is -2.86. The van der Waals surface area contributed by atoms with Crippen molar-refractivity contribution in [2.24, 2.45) is 5.92 Å². The third-order valence-electron chi connectivity index (χ3n) is 4.69. The van der Waals surface area contributed by atoms with E-state index in [0.29, 0.717) is 16.6 Å². The van der Waals surface area contributed by atoms with Crippen molar-refractivity contribution in [2.75, 3.05) is 13.2 Å². The largest absolute Gasteiger partial charge is 0.465 e. The lowest BCUT2D eigenvalue weighted by Crippen LogP contribution is -2.30. The number of ether oxygens (including phenoxy) is 2. The number of amides is 1. The SMILES string of the molecule is CCOC(=O)[C@@H]1C(=O)N(O)C[C@H]1c1cccc(Oc2ccc(CC)cc2)c1. The molecule has 1 aliphatic rings. The third kappa shape index (κ3) is 4.11. The van der Waals surface area contributed by atoms with Gasteiger partial charge in [0, 0.05) is 5.92 Å². The average Bonchev–Trinajstić information content (AvgIpc) is 2.98. The molecule has 0 bridgehead atoms. The number of carbonyl (C=O) groups is 2. The van der Waals surface area contributed by atoms with Crippen molar-refractivity contribution in [1.29, 1.82) is 0 Å². The molecule has 142 valence electrons. The first kappa shape index (κ1) is 18.9. The first-order chi connectivity index (χ1) is 13.0. The number of hydrogen-bond acceptors (Lipinski definition) is 5. The summed E-state index contributed by atoms with van der Waals surface area (Å²) in [5, 5.41) is 10.4. The van der Waals surface area contributed by atoms with Gasteiger partial charge >= 0.3 is 5.97 Å². The lowest BCUT2D eigenvalue weighted by molar-refractivity contribution is -0.165. The Morgan fingerprint density at radius 2 is 1.89 bits per heavy atom. The zero-order valence-electron chi connectivity index (χ0n) is 15.4. The topological polar surface area (TPSA) is 76.1 Å². The van der Waals surface area contributed by atoms with E-state index in [1.54, 1.807) is 19.1 Å². The molecule has 0 radical (unpaired) electrons. The summed E-state index contributed by atoms with van der Waals surface area (Å²) < 4.78 is 10.9. The molecule has 1 saturated heterocycles. The zero-order chi connectivity index (χ0) is 19.4. The molecule has 2 atom stereocenters. The van der Waals surface area contributed by atoms with Crippen LogP contribution in [0.4, 0.5) is 0 Å². The Morgan fingerprint density at radius 3 is 2.56 bits per heavy atom. The highest BCUT2D eigenvalue weighted by Gasteiger charge is 2.46. The summed E-state index contributed by atoms with van der Waals surface area (Å²) in [6.45, 7) is 3.99. The molecule has 1 heterocycles.